The summed E-state index contributed by atoms with van der Waals surface area (Å²) in [6.45, 7) is 1.91. The standard InChI is InChI=1S/C19H18BrClN4O2S/c1-12(27-14-6-4-3-5-7-14)18-23-24-19(25(18)2)28-11-17(26)22-13-8-9-15(20)16(21)10-13/h3-10,12H,11H2,1-2H3,(H,22,26)/t12-/m0/s1. The lowest BCUT2D eigenvalue weighted by Gasteiger charge is -2.14. The summed E-state index contributed by atoms with van der Waals surface area (Å²) in [4.78, 5) is 12.2. The third-order valence-electron chi connectivity index (χ3n) is 3.82. The largest absolute Gasteiger partial charge is 0.483 e. The first-order chi connectivity index (χ1) is 13.4. The maximum Gasteiger partial charge on any atom is 0.234 e. The first-order valence-corrected chi connectivity index (χ1v) is 10.6. The molecule has 146 valence electrons. The smallest absolute Gasteiger partial charge is 0.234 e. The number of anilines is 1. The summed E-state index contributed by atoms with van der Waals surface area (Å²) >= 11 is 10.7. The number of hydrogen-bond acceptors (Lipinski definition) is 5. The number of nitrogens with zero attached hydrogens (tertiary/aromatic N) is 3. The van der Waals surface area contributed by atoms with Crippen molar-refractivity contribution in [2.45, 2.75) is 18.2 Å². The van der Waals surface area contributed by atoms with E-state index in [-0.39, 0.29) is 17.8 Å². The first kappa shape index (κ1) is 20.7. The Morgan fingerprint density at radius 3 is 2.75 bits per heavy atom. The number of para-hydroxylation sites is 1. The van der Waals surface area contributed by atoms with E-state index in [1.807, 2.05) is 48.9 Å². The van der Waals surface area contributed by atoms with Crippen LogP contribution in [0.1, 0.15) is 18.9 Å². The van der Waals surface area contributed by atoms with E-state index in [4.69, 9.17) is 16.3 Å². The Hall–Kier alpha value is -2.03. The van der Waals surface area contributed by atoms with Gasteiger partial charge in [-0.3, -0.25) is 4.79 Å². The number of rotatable bonds is 7. The van der Waals surface area contributed by atoms with Crippen molar-refractivity contribution in [3.05, 3.63) is 63.9 Å². The molecule has 0 unspecified atom stereocenters. The Kier molecular flexibility index (Phi) is 6.98. The van der Waals surface area contributed by atoms with Crippen molar-refractivity contribution >= 4 is 50.9 Å². The zero-order valence-electron chi connectivity index (χ0n) is 15.2. The van der Waals surface area contributed by atoms with E-state index in [0.29, 0.717) is 21.7 Å². The normalized spacial score (nSPS) is 11.9. The van der Waals surface area contributed by atoms with Crippen LogP contribution in [0.25, 0.3) is 0 Å². The molecule has 0 aliphatic carbocycles. The van der Waals surface area contributed by atoms with Crippen molar-refractivity contribution in [1.82, 2.24) is 14.8 Å². The average Bonchev–Trinajstić information content (AvgIpc) is 3.04. The Labute approximate surface area is 180 Å². The lowest BCUT2D eigenvalue weighted by molar-refractivity contribution is -0.113. The summed E-state index contributed by atoms with van der Waals surface area (Å²) in [6.07, 6.45) is -0.270. The number of amides is 1. The summed E-state index contributed by atoms with van der Waals surface area (Å²) < 4.78 is 8.50. The van der Waals surface area contributed by atoms with Gasteiger partial charge >= 0.3 is 0 Å². The van der Waals surface area contributed by atoms with Crippen LogP contribution in [0.3, 0.4) is 0 Å². The molecule has 0 fully saturated rings. The molecule has 1 atom stereocenters. The van der Waals surface area contributed by atoms with Gasteiger partial charge < -0.3 is 14.6 Å². The molecule has 0 radical (unpaired) electrons. The Bertz CT molecular complexity index is 968. The van der Waals surface area contributed by atoms with Crippen molar-refractivity contribution in [3.63, 3.8) is 0 Å². The van der Waals surface area contributed by atoms with Gasteiger partial charge in [0.05, 0.1) is 10.8 Å². The van der Waals surface area contributed by atoms with E-state index < -0.39 is 0 Å². The fraction of sp³-hybridized carbons (Fsp3) is 0.211. The number of halogens is 2. The van der Waals surface area contributed by atoms with E-state index in [9.17, 15) is 4.79 Å². The molecule has 1 amide bonds. The van der Waals surface area contributed by atoms with Gasteiger partial charge in [0.2, 0.25) is 5.91 Å². The highest BCUT2D eigenvalue weighted by atomic mass is 79.9. The second-order valence-electron chi connectivity index (χ2n) is 5.94. The molecule has 1 aromatic heterocycles. The number of benzene rings is 2. The van der Waals surface area contributed by atoms with E-state index in [1.165, 1.54) is 11.8 Å². The van der Waals surface area contributed by atoms with Crippen LogP contribution < -0.4 is 10.1 Å². The molecule has 6 nitrogen and oxygen atoms in total. The van der Waals surface area contributed by atoms with E-state index >= 15 is 0 Å². The van der Waals surface area contributed by atoms with Crippen LogP contribution in [-0.4, -0.2) is 26.4 Å². The number of hydrogen-bond donors (Lipinski definition) is 1. The topological polar surface area (TPSA) is 69.0 Å². The molecule has 3 aromatic rings. The molecule has 2 aromatic carbocycles. The van der Waals surface area contributed by atoms with Gasteiger partial charge in [-0.05, 0) is 53.2 Å². The molecule has 0 bridgehead atoms. The summed E-state index contributed by atoms with van der Waals surface area (Å²) in [7, 11) is 1.86. The van der Waals surface area contributed by atoms with Crippen LogP contribution in [0.15, 0.2) is 58.2 Å². The van der Waals surface area contributed by atoms with Crippen LogP contribution in [0.4, 0.5) is 5.69 Å². The minimum atomic E-state index is -0.270. The molecule has 28 heavy (non-hydrogen) atoms. The fourth-order valence-corrected chi connectivity index (χ4v) is 3.61. The van der Waals surface area contributed by atoms with Gasteiger partial charge in [0.15, 0.2) is 17.1 Å². The minimum absolute atomic E-state index is 0.151. The third-order valence-corrected chi connectivity index (χ3v) is 6.08. The molecule has 0 saturated carbocycles. The predicted octanol–water partition coefficient (Wildman–Crippen LogP) is 5.10. The third kappa shape index (κ3) is 5.27. The maximum atomic E-state index is 12.2. The predicted molar refractivity (Wildman–Crippen MR) is 115 cm³/mol. The second kappa shape index (κ2) is 9.45. The minimum Gasteiger partial charge on any atom is -0.483 e. The zero-order valence-corrected chi connectivity index (χ0v) is 18.4. The van der Waals surface area contributed by atoms with Crippen LogP contribution >= 0.6 is 39.3 Å². The molecule has 9 heteroatoms. The van der Waals surface area contributed by atoms with Crippen molar-refractivity contribution < 1.29 is 9.53 Å². The molecule has 3 rings (SSSR count). The van der Waals surface area contributed by atoms with Gasteiger partial charge in [0.25, 0.3) is 0 Å². The molecule has 0 aliphatic rings. The number of nitrogens with one attached hydrogen (secondary N) is 1. The van der Waals surface area contributed by atoms with Gasteiger partial charge in [-0.1, -0.05) is 41.6 Å². The Morgan fingerprint density at radius 2 is 2.04 bits per heavy atom. The van der Waals surface area contributed by atoms with Gasteiger partial charge in [-0.25, -0.2) is 0 Å². The first-order valence-electron chi connectivity index (χ1n) is 8.42. The van der Waals surface area contributed by atoms with E-state index in [2.05, 4.69) is 31.4 Å². The highest BCUT2D eigenvalue weighted by molar-refractivity contribution is 9.10. The summed E-state index contributed by atoms with van der Waals surface area (Å²) in [6, 6.07) is 14.8. The molecular formula is C19H18BrClN4O2S. The summed E-state index contributed by atoms with van der Waals surface area (Å²) in [5.74, 6) is 1.50. The van der Waals surface area contributed by atoms with Gasteiger partial charge in [-0.2, -0.15) is 0 Å². The number of ether oxygens (including phenoxy) is 1. The number of aromatic nitrogens is 3. The molecule has 0 spiro atoms. The fourth-order valence-electron chi connectivity index (χ4n) is 2.46. The lowest BCUT2D eigenvalue weighted by Crippen LogP contribution is -2.15. The van der Waals surface area contributed by atoms with Gasteiger partial charge in [0, 0.05) is 17.2 Å². The molecular weight excluding hydrogens is 464 g/mol. The van der Waals surface area contributed by atoms with Gasteiger partial charge in [0.1, 0.15) is 5.75 Å². The van der Waals surface area contributed by atoms with Crippen molar-refractivity contribution in [2.75, 3.05) is 11.1 Å². The molecule has 1 N–H and O–H groups in total. The molecule has 0 saturated heterocycles. The van der Waals surface area contributed by atoms with Crippen LogP contribution in [0, 0.1) is 0 Å². The van der Waals surface area contributed by atoms with E-state index in [0.717, 1.165) is 10.2 Å². The van der Waals surface area contributed by atoms with Crippen LogP contribution in [0.2, 0.25) is 5.02 Å². The van der Waals surface area contributed by atoms with Gasteiger partial charge in [-0.15, -0.1) is 10.2 Å². The van der Waals surface area contributed by atoms with Crippen LogP contribution in [-0.2, 0) is 11.8 Å². The quantitative estimate of drug-likeness (QED) is 0.475. The summed E-state index contributed by atoms with van der Waals surface area (Å²) in [5.41, 5.74) is 0.641. The van der Waals surface area contributed by atoms with E-state index in [1.54, 1.807) is 18.2 Å². The Balaban J connectivity index is 1.57. The molecule has 0 aliphatic heterocycles. The SMILES string of the molecule is C[C@H](Oc1ccccc1)c1nnc(SCC(=O)Nc2ccc(Br)c(Cl)c2)n1C. The van der Waals surface area contributed by atoms with Crippen molar-refractivity contribution in [3.8, 4) is 5.75 Å². The number of thioether (sulfide) groups is 1. The highest BCUT2D eigenvalue weighted by Gasteiger charge is 2.18. The highest BCUT2D eigenvalue weighted by Crippen LogP contribution is 2.26. The maximum absolute atomic E-state index is 12.2. The van der Waals surface area contributed by atoms with Crippen LogP contribution in [0.5, 0.6) is 5.75 Å². The second-order valence-corrected chi connectivity index (χ2v) is 8.14. The zero-order chi connectivity index (χ0) is 20.1. The average molecular weight is 482 g/mol. The summed E-state index contributed by atoms with van der Waals surface area (Å²) in [5, 5.41) is 12.4. The van der Waals surface area contributed by atoms with Crippen molar-refractivity contribution in [2.24, 2.45) is 7.05 Å². The Morgan fingerprint density at radius 1 is 1.29 bits per heavy atom. The molecule has 1 heterocycles. The number of carbonyl (C=O) groups is 1. The monoisotopic (exact) mass is 480 g/mol. The van der Waals surface area contributed by atoms with Crippen molar-refractivity contribution in [1.29, 1.82) is 0 Å². The lowest BCUT2D eigenvalue weighted by atomic mass is 10.3. The number of carbonyl (C=O) groups excluding carboxylic acids is 1.